The molecule has 6 heteroatoms. The van der Waals surface area contributed by atoms with Crippen molar-refractivity contribution in [2.24, 2.45) is 0 Å². The van der Waals surface area contributed by atoms with E-state index in [4.69, 9.17) is 14.5 Å². The summed E-state index contributed by atoms with van der Waals surface area (Å²) in [5.74, 6) is 0.463. The Labute approximate surface area is 186 Å². The Morgan fingerprint density at radius 1 is 0.969 bits per heavy atom. The molecular weight excluding hydrogens is 402 g/mol. The highest BCUT2D eigenvalue weighted by Crippen LogP contribution is 2.33. The monoisotopic (exact) mass is 423 g/mol. The molecule has 158 valence electrons. The second-order valence-corrected chi connectivity index (χ2v) is 7.32. The van der Waals surface area contributed by atoms with Crippen molar-refractivity contribution >= 4 is 11.8 Å². The van der Waals surface area contributed by atoms with Gasteiger partial charge in [-0.1, -0.05) is 71.9 Å². The number of anilines is 1. The van der Waals surface area contributed by atoms with Gasteiger partial charge in [-0.3, -0.25) is 5.32 Å². The van der Waals surface area contributed by atoms with Crippen LogP contribution in [-0.2, 0) is 4.74 Å². The molecule has 32 heavy (non-hydrogen) atoms. The van der Waals surface area contributed by atoms with Crippen LogP contribution in [0.5, 0.6) is 0 Å². The third-order valence-corrected chi connectivity index (χ3v) is 5.14. The number of benzene rings is 3. The fourth-order valence-corrected chi connectivity index (χ4v) is 3.35. The Morgan fingerprint density at radius 3 is 2.25 bits per heavy atom. The summed E-state index contributed by atoms with van der Waals surface area (Å²) in [4.78, 5) is 12.5. The SMILES string of the molecule is Cc1noc(-c2ccc(-c3ccccc3)cc2)c1NC(=O)O[C@H](C)c1ccc(C#N)cc1. The van der Waals surface area contributed by atoms with Crippen molar-refractivity contribution in [3.8, 4) is 28.5 Å². The quantitative estimate of drug-likeness (QED) is 0.396. The zero-order valence-electron chi connectivity index (χ0n) is 17.7. The standard InChI is InChI=1S/C26H21N3O3/c1-17-24(28-26(30)31-18(2)20-10-8-19(16-27)9-11-20)25(32-29-17)23-14-12-22(13-15-23)21-6-4-3-5-7-21/h3-15,18H,1-2H3,(H,28,30)/t18-/m1/s1. The first kappa shape index (κ1) is 20.9. The zero-order valence-corrected chi connectivity index (χ0v) is 17.7. The second kappa shape index (κ2) is 9.19. The van der Waals surface area contributed by atoms with Gasteiger partial charge in [0.25, 0.3) is 0 Å². The highest BCUT2D eigenvalue weighted by molar-refractivity contribution is 5.91. The van der Waals surface area contributed by atoms with Crippen molar-refractivity contribution in [3.05, 3.63) is 95.7 Å². The minimum Gasteiger partial charge on any atom is -0.441 e. The van der Waals surface area contributed by atoms with Crippen LogP contribution in [0.25, 0.3) is 22.5 Å². The lowest BCUT2D eigenvalue weighted by molar-refractivity contribution is 0.121. The molecule has 0 radical (unpaired) electrons. The Balaban J connectivity index is 1.49. The summed E-state index contributed by atoms with van der Waals surface area (Å²) in [6.45, 7) is 3.52. The molecule has 4 rings (SSSR count). The molecule has 1 heterocycles. The third-order valence-electron chi connectivity index (χ3n) is 5.14. The van der Waals surface area contributed by atoms with Crippen molar-refractivity contribution in [3.63, 3.8) is 0 Å². The van der Waals surface area contributed by atoms with Gasteiger partial charge in [-0.2, -0.15) is 5.26 Å². The number of ether oxygens (including phenoxy) is 1. The molecule has 0 saturated heterocycles. The van der Waals surface area contributed by atoms with E-state index in [1.54, 1.807) is 38.1 Å². The smallest absolute Gasteiger partial charge is 0.412 e. The van der Waals surface area contributed by atoms with Crippen molar-refractivity contribution in [1.29, 1.82) is 5.26 Å². The molecule has 1 amide bonds. The van der Waals surface area contributed by atoms with E-state index < -0.39 is 12.2 Å². The van der Waals surface area contributed by atoms with Gasteiger partial charge in [0.1, 0.15) is 17.5 Å². The first-order chi connectivity index (χ1) is 15.5. The molecule has 0 aliphatic heterocycles. The molecule has 1 N–H and O–H groups in total. The number of aromatic nitrogens is 1. The largest absolute Gasteiger partial charge is 0.441 e. The molecule has 4 aromatic rings. The van der Waals surface area contributed by atoms with Crippen LogP contribution in [0.3, 0.4) is 0 Å². The predicted molar refractivity (Wildman–Crippen MR) is 122 cm³/mol. The lowest BCUT2D eigenvalue weighted by Crippen LogP contribution is -2.16. The number of hydrogen-bond donors (Lipinski definition) is 1. The maximum atomic E-state index is 12.5. The summed E-state index contributed by atoms with van der Waals surface area (Å²) in [5, 5.41) is 15.7. The van der Waals surface area contributed by atoms with Gasteiger partial charge >= 0.3 is 6.09 Å². The number of hydrogen-bond acceptors (Lipinski definition) is 5. The van der Waals surface area contributed by atoms with Crippen LogP contribution in [-0.4, -0.2) is 11.2 Å². The summed E-state index contributed by atoms with van der Waals surface area (Å²) < 4.78 is 11.0. The van der Waals surface area contributed by atoms with Gasteiger partial charge in [0.2, 0.25) is 0 Å². The minimum atomic E-state index is -0.615. The van der Waals surface area contributed by atoms with Crippen molar-refractivity contribution in [1.82, 2.24) is 5.16 Å². The normalized spacial score (nSPS) is 11.4. The van der Waals surface area contributed by atoms with Gasteiger partial charge in [-0.05, 0) is 42.7 Å². The van der Waals surface area contributed by atoms with Crippen LogP contribution in [0.4, 0.5) is 10.5 Å². The number of carbonyl (C=O) groups excluding carboxylic acids is 1. The zero-order chi connectivity index (χ0) is 22.5. The molecule has 3 aromatic carbocycles. The maximum absolute atomic E-state index is 12.5. The molecule has 6 nitrogen and oxygen atoms in total. The predicted octanol–water partition coefficient (Wildman–Crippen LogP) is 6.50. The number of carbonyl (C=O) groups is 1. The number of amides is 1. The lowest BCUT2D eigenvalue weighted by atomic mass is 10.0. The number of rotatable bonds is 5. The molecule has 0 saturated carbocycles. The van der Waals surface area contributed by atoms with Gasteiger partial charge in [0, 0.05) is 5.56 Å². The summed E-state index contributed by atoms with van der Waals surface area (Å²) in [7, 11) is 0. The molecule has 0 unspecified atom stereocenters. The van der Waals surface area contributed by atoms with E-state index in [0.717, 1.165) is 22.3 Å². The average Bonchev–Trinajstić information content (AvgIpc) is 3.19. The van der Waals surface area contributed by atoms with Gasteiger partial charge in [-0.15, -0.1) is 0 Å². The lowest BCUT2D eigenvalue weighted by Gasteiger charge is -2.14. The van der Waals surface area contributed by atoms with Crippen LogP contribution in [0.1, 0.15) is 29.8 Å². The summed E-state index contributed by atoms with van der Waals surface area (Å²) >= 11 is 0. The van der Waals surface area contributed by atoms with Crippen molar-refractivity contribution < 1.29 is 14.1 Å². The van der Waals surface area contributed by atoms with Crippen LogP contribution >= 0.6 is 0 Å². The van der Waals surface area contributed by atoms with Crippen LogP contribution in [0.15, 0.2) is 83.4 Å². The topological polar surface area (TPSA) is 88.2 Å². The number of nitrogens with zero attached hydrogens (tertiary/aromatic N) is 2. The molecule has 0 aliphatic rings. The Morgan fingerprint density at radius 2 is 1.59 bits per heavy atom. The van der Waals surface area contributed by atoms with E-state index in [-0.39, 0.29) is 0 Å². The van der Waals surface area contributed by atoms with E-state index in [1.165, 1.54) is 0 Å². The van der Waals surface area contributed by atoms with Gasteiger partial charge < -0.3 is 9.26 Å². The van der Waals surface area contributed by atoms with Crippen molar-refractivity contribution in [2.45, 2.75) is 20.0 Å². The second-order valence-electron chi connectivity index (χ2n) is 7.32. The summed E-state index contributed by atoms with van der Waals surface area (Å²) in [6, 6.07) is 26.9. The first-order valence-electron chi connectivity index (χ1n) is 10.1. The van der Waals surface area contributed by atoms with Crippen LogP contribution in [0, 0.1) is 18.3 Å². The van der Waals surface area contributed by atoms with Gasteiger partial charge in [0.05, 0.1) is 11.6 Å². The highest BCUT2D eigenvalue weighted by Gasteiger charge is 2.20. The van der Waals surface area contributed by atoms with E-state index in [2.05, 4.69) is 16.5 Å². The number of nitriles is 1. The molecular formula is C26H21N3O3. The summed E-state index contributed by atoms with van der Waals surface area (Å²) in [6.07, 6.45) is -1.10. The fourth-order valence-electron chi connectivity index (χ4n) is 3.35. The number of aryl methyl sites for hydroxylation is 1. The Bertz CT molecular complexity index is 1250. The molecule has 1 aromatic heterocycles. The molecule has 0 spiro atoms. The van der Waals surface area contributed by atoms with Crippen LogP contribution < -0.4 is 5.32 Å². The van der Waals surface area contributed by atoms with Gasteiger partial charge in [0.15, 0.2) is 5.76 Å². The van der Waals surface area contributed by atoms with E-state index in [1.807, 2.05) is 54.6 Å². The van der Waals surface area contributed by atoms with E-state index in [9.17, 15) is 4.79 Å². The number of nitrogens with one attached hydrogen (secondary N) is 1. The third kappa shape index (κ3) is 4.52. The maximum Gasteiger partial charge on any atom is 0.412 e. The molecule has 0 aliphatic carbocycles. The highest BCUT2D eigenvalue weighted by atomic mass is 16.6. The fraction of sp³-hybridized carbons (Fsp3) is 0.115. The minimum absolute atomic E-state index is 0.463. The molecule has 0 bridgehead atoms. The average molecular weight is 423 g/mol. The van der Waals surface area contributed by atoms with Gasteiger partial charge in [-0.25, -0.2) is 4.79 Å². The van der Waals surface area contributed by atoms with E-state index in [0.29, 0.717) is 22.7 Å². The Kier molecular flexibility index (Phi) is 6.00. The Hall–Kier alpha value is -4.37. The van der Waals surface area contributed by atoms with Crippen LogP contribution in [0.2, 0.25) is 0 Å². The first-order valence-corrected chi connectivity index (χ1v) is 10.1. The van der Waals surface area contributed by atoms with Crippen molar-refractivity contribution in [2.75, 3.05) is 5.32 Å². The summed E-state index contributed by atoms with van der Waals surface area (Å²) in [5.41, 5.74) is 5.35. The molecule has 1 atom stereocenters. The molecule has 0 fully saturated rings. The van der Waals surface area contributed by atoms with E-state index >= 15 is 0 Å².